The predicted octanol–water partition coefficient (Wildman–Crippen LogP) is 2.12. The van der Waals surface area contributed by atoms with Crippen molar-refractivity contribution in [3.63, 3.8) is 0 Å². The molecule has 4 N–H and O–H groups in total. The number of aromatic hydroxyl groups is 2. The Kier molecular flexibility index (Phi) is 5.18. The Morgan fingerprint density at radius 1 is 1.16 bits per heavy atom. The lowest BCUT2D eigenvalue weighted by Crippen LogP contribution is -2.25. The number of hydrogen-bond donors (Lipinski definition) is 4. The molecule has 0 aliphatic carbocycles. The zero-order valence-corrected chi connectivity index (χ0v) is 14.2. The highest BCUT2D eigenvalue weighted by molar-refractivity contribution is 5.87. The minimum atomic E-state index is -1.36. The van der Waals surface area contributed by atoms with Crippen LogP contribution in [0.3, 0.4) is 0 Å². The highest BCUT2D eigenvalue weighted by Crippen LogP contribution is 2.36. The summed E-state index contributed by atoms with van der Waals surface area (Å²) in [7, 11) is 0. The van der Waals surface area contributed by atoms with E-state index in [1.807, 2.05) is 13.8 Å². The quantitative estimate of drug-likeness (QED) is 0.658. The number of phenols is 2. The van der Waals surface area contributed by atoms with Gasteiger partial charge in [-0.2, -0.15) is 0 Å². The average Bonchev–Trinajstić information content (AvgIpc) is 2.52. The number of aryl methyl sites for hydroxylation is 1. The van der Waals surface area contributed by atoms with Crippen molar-refractivity contribution in [1.82, 2.24) is 4.57 Å². The molecule has 7 nitrogen and oxygen atoms in total. The molecule has 0 saturated heterocycles. The van der Waals surface area contributed by atoms with Crippen molar-refractivity contribution in [1.29, 1.82) is 0 Å². The van der Waals surface area contributed by atoms with Gasteiger partial charge in [-0.3, -0.25) is 4.79 Å². The van der Waals surface area contributed by atoms with Crippen LogP contribution in [0.2, 0.25) is 0 Å². The van der Waals surface area contributed by atoms with Gasteiger partial charge in [0.15, 0.2) is 5.43 Å². The average molecular weight is 347 g/mol. The number of carboxylic acids is 1. The van der Waals surface area contributed by atoms with E-state index >= 15 is 0 Å². The van der Waals surface area contributed by atoms with Gasteiger partial charge < -0.3 is 25.0 Å². The molecule has 25 heavy (non-hydrogen) atoms. The van der Waals surface area contributed by atoms with Gasteiger partial charge in [-0.1, -0.05) is 13.8 Å². The third-order valence-electron chi connectivity index (χ3n) is 4.21. The van der Waals surface area contributed by atoms with Crippen LogP contribution < -0.4 is 5.43 Å². The van der Waals surface area contributed by atoms with Crippen molar-refractivity contribution in [2.24, 2.45) is 5.92 Å². The number of phenolic OH excluding ortho intramolecular Hbond substituents is 2. The van der Waals surface area contributed by atoms with Crippen LogP contribution in [-0.2, 0) is 0 Å². The van der Waals surface area contributed by atoms with Crippen molar-refractivity contribution >= 4 is 5.97 Å². The second-order valence-electron chi connectivity index (χ2n) is 6.30. The predicted molar refractivity (Wildman–Crippen MR) is 92.1 cm³/mol. The first-order valence-electron chi connectivity index (χ1n) is 7.80. The fourth-order valence-electron chi connectivity index (χ4n) is 2.71. The number of aromatic carboxylic acids is 1. The number of carboxylic acid groups (broad SMARTS) is 1. The normalized spacial score (nSPS) is 12.4. The zero-order valence-electron chi connectivity index (χ0n) is 14.2. The van der Waals surface area contributed by atoms with Crippen LogP contribution in [-0.4, -0.2) is 37.6 Å². The van der Waals surface area contributed by atoms with Gasteiger partial charge in [-0.15, -0.1) is 0 Å². The summed E-state index contributed by atoms with van der Waals surface area (Å²) in [5.74, 6) is -1.77. The minimum absolute atomic E-state index is 0.0618. The summed E-state index contributed by atoms with van der Waals surface area (Å²) < 4.78 is 1.49. The van der Waals surface area contributed by atoms with Gasteiger partial charge in [0.25, 0.3) is 0 Å². The van der Waals surface area contributed by atoms with E-state index in [0.717, 1.165) is 12.1 Å². The van der Waals surface area contributed by atoms with E-state index in [2.05, 4.69) is 0 Å². The number of aliphatic hydroxyl groups is 1. The molecule has 0 aliphatic rings. The van der Waals surface area contributed by atoms with E-state index in [9.17, 15) is 30.0 Å². The van der Waals surface area contributed by atoms with E-state index in [-0.39, 0.29) is 35.3 Å². The number of hydrogen-bond acceptors (Lipinski definition) is 5. The summed E-state index contributed by atoms with van der Waals surface area (Å²) in [6.45, 7) is 5.07. The summed E-state index contributed by atoms with van der Waals surface area (Å²) >= 11 is 0. The van der Waals surface area contributed by atoms with Gasteiger partial charge in [-0.25, -0.2) is 4.79 Å². The Morgan fingerprint density at radius 3 is 2.32 bits per heavy atom. The molecule has 1 atom stereocenters. The van der Waals surface area contributed by atoms with Crippen molar-refractivity contribution in [2.75, 3.05) is 6.61 Å². The summed E-state index contributed by atoms with van der Waals surface area (Å²) in [4.78, 5) is 23.5. The number of carbonyl (C=O) groups is 1. The zero-order chi connectivity index (χ0) is 18.9. The van der Waals surface area contributed by atoms with Gasteiger partial charge in [0.05, 0.1) is 18.3 Å². The number of pyridine rings is 1. The van der Waals surface area contributed by atoms with Crippen LogP contribution >= 0.6 is 0 Å². The molecule has 0 aliphatic heterocycles. The molecule has 0 unspecified atom stereocenters. The second kappa shape index (κ2) is 6.98. The molecule has 1 heterocycles. The topological polar surface area (TPSA) is 120 Å². The van der Waals surface area contributed by atoms with E-state index in [1.54, 1.807) is 6.92 Å². The number of aliphatic hydroxyl groups excluding tert-OH is 1. The lowest BCUT2D eigenvalue weighted by molar-refractivity contribution is 0.0693. The first-order chi connectivity index (χ1) is 11.7. The van der Waals surface area contributed by atoms with Crippen LogP contribution in [0, 0.1) is 12.8 Å². The summed E-state index contributed by atoms with van der Waals surface area (Å²) in [6, 6.07) is 3.29. The third-order valence-corrected chi connectivity index (χ3v) is 4.21. The number of rotatable bonds is 5. The van der Waals surface area contributed by atoms with E-state index < -0.39 is 23.0 Å². The molecular weight excluding hydrogens is 326 g/mol. The van der Waals surface area contributed by atoms with Crippen molar-refractivity contribution in [2.45, 2.75) is 26.8 Å². The fourth-order valence-corrected chi connectivity index (χ4v) is 2.71. The van der Waals surface area contributed by atoms with Gasteiger partial charge in [0.2, 0.25) is 0 Å². The smallest absolute Gasteiger partial charge is 0.341 e. The molecule has 0 fully saturated rings. The maximum atomic E-state index is 12.2. The van der Waals surface area contributed by atoms with Gasteiger partial charge in [0.1, 0.15) is 17.1 Å². The van der Waals surface area contributed by atoms with Crippen LogP contribution in [0.25, 0.3) is 11.3 Å². The van der Waals surface area contributed by atoms with Crippen molar-refractivity contribution < 1.29 is 25.2 Å². The summed E-state index contributed by atoms with van der Waals surface area (Å²) in [5, 5.41) is 38.9. The molecule has 0 spiro atoms. The number of benzene rings is 1. The lowest BCUT2D eigenvalue weighted by Gasteiger charge is -2.26. The molecule has 7 heteroatoms. The van der Waals surface area contributed by atoms with Gasteiger partial charge in [-0.05, 0) is 24.5 Å². The van der Waals surface area contributed by atoms with E-state index in [4.69, 9.17) is 0 Å². The maximum Gasteiger partial charge on any atom is 0.341 e. The maximum absolute atomic E-state index is 12.2. The third kappa shape index (κ3) is 3.51. The Labute approximate surface area is 144 Å². The van der Waals surface area contributed by atoms with Gasteiger partial charge in [0, 0.05) is 23.9 Å². The Bertz CT molecular complexity index is 869. The molecule has 0 saturated carbocycles. The van der Waals surface area contributed by atoms with Crippen LogP contribution in [0.15, 0.2) is 29.2 Å². The Morgan fingerprint density at radius 2 is 1.80 bits per heavy atom. The fraction of sp³-hybridized carbons (Fsp3) is 0.333. The lowest BCUT2D eigenvalue weighted by atomic mass is 10.00. The van der Waals surface area contributed by atoms with Crippen LogP contribution in [0.5, 0.6) is 11.5 Å². The first-order valence-corrected chi connectivity index (χ1v) is 7.80. The van der Waals surface area contributed by atoms with Gasteiger partial charge >= 0.3 is 5.97 Å². The molecule has 1 aromatic heterocycles. The monoisotopic (exact) mass is 347 g/mol. The van der Waals surface area contributed by atoms with E-state index in [1.165, 1.54) is 16.8 Å². The van der Waals surface area contributed by atoms with Crippen molar-refractivity contribution in [3.05, 3.63) is 45.7 Å². The standard InChI is InChI=1S/C18H21NO6/c1-9(2)14(8-20)19-7-12(18(24)25)16(22)5-13(19)11-4-10(3)15(21)6-17(11)23/h4-7,9,14,20-21,23H,8H2,1-3H3,(H,24,25)/t14-/m0/s1. The van der Waals surface area contributed by atoms with E-state index in [0.29, 0.717) is 5.56 Å². The molecular formula is C18H21NO6. The highest BCUT2D eigenvalue weighted by atomic mass is 16.4. The largest absolute Gasteiger partial charge is 0.508 e. The summed E-state index contributed by atoms with van der Waals surface area (Å²) in [6.07, 6.45) is 1.18. The Hall–Kier alpha value is -2.80. The van der Waals surface area contributed by atoms with Crippen LogP contribution in [0.4, 0.5) is 0 Å². The van der Waals surface area contributed by atoms with Crippen molar-refractivity contribution in [3.8, 4) is 22.8 Å². The second-order valence-corrected chi connectivity index (χ2v) is 6.30. The molecule has 2 rings (SSSR count). The minimum Gasteiger partial charge on any atom is -0.508 e. The number of aromatic nitrogens is 1. The first kappa shape index (κ1) is 18.5. The number of nitrogens with zero attached hydrogens (tertiary/aromatic N) is 1. The molecule has 0 amide bonds. The molecule has 2 aromatic rings. The molecule has 0 bridgehead atoms. The summed E-state index contributed by atoms with van der Waals surface area (Å²) in [5.41, 5.74) is -0.104. The SMILES string of the molecule is Cc1cc(-c2cc(=O)c(C(=O)O)cn2[C@@H](CO)C(C)C)c(O)cc1O. The molecule has 0 radical (unpaired) electrons. The van der Waals surface area contributed by atoms with Crippen LogP contribution in [0.1, 0.15) is 35.8 Å². The Balaban J connectivity index is 2.85. The highest BCUT2D eigenvalue weighted by Gasteiger charge is 2.22. The molecule has 134 valence electrons. The molecule has 1 aromatic carbocycles.